The molecule has 6 heteroatoms. The van der Waals surface area contributed by atoms with Crippen LogP contribution in [0.3, 0.4) is 0 Å². The second-order valence-corrected chi connectivity index (χ2v) is 6.28. The summed E-state index contributed by atoms with van der Waals surface area (Å²) in [6.07, 6.45) is 0.496. The number of hydrogen-bond acceptors (Lipinski definition) is 3. The number of nitrogens with one attached hydrogen (secondary N) is 1. The fourth-order valence-corrected chi connectivity index (χ4v) is 3.07. The van der Waals surface area contributed by atoms with Crippen LogP contribution in [0.2, 0.25) is 0 Å². The van der Waals surface area contributed by atoms with Crippen LogP contribution in [-0.2, 0) is 11.3 Å². The molecule has 0 radical (unpaired) electrons. The number of likely N-dealkylation sites (tertiary alicyclic amines) is 1. The van der Waals surface area contributed by atoms with E-state index in [4.69, 9.17) is 5.11 Å². The number of amides is 2. The fourth-order valence-electron chi connectivity index (χ4n) is 3.07. The maximum atomic E-state index is 12.1. The van der Waals surface area contributed by atoms with E-state index in [1.165, 1.54) is 4.90 Å². The number of carbonyl (C=O) groups is 2. The summed E-state index contributed by atoms with van der Waals surface area (Å²) >= 11 is 0. The standard InChI is InChI=1S/C20H19N3O3/c21-11-16-3-1-2-4-18(16)15-7-5-14(6-8-15)12-22-20(26)23-10-9-17(13-23)19(24)25/h1-8,17H,9-10,12-13H2,(H,22,26)(H,24,25). The zero-order valence-corrected chi connectivity index (χ0v) is 14.2. The van der Waals surface area contributed by atoms with Crippen molar-refractivity contribution in [2.24, 2.45) is 5.92 Å². The molecule has 1 saturated heterocycles. The maximum Gasteiger partial charge on any atom is 0.317 e. The predicted octanol–water partition coefficient (Wildman–Crippen LogP) is 2.84. The number of carboxylic acid groups (broad SMARTS) is 1. The van der Waals surface area contributed by atoms with Crippen molar-refractivity contribution in [2.75, 3.05) is 13.1 Å². The molecule has 2 aromatic rings. The lowest BCUT2D eigenvalue weighted by molar-refractivity contribution is -0.141. The van der Waals surface area contributed by atoms with Gasteiger partial charge in [-0.25, -0.2) is 4.79 Å². The number of nitrogens with zero attached hydrogens (tertiary/aromatic N) is 2. The van der Waals surface area contributed by atoms with E-state index in [0.29, 0.717) is 25.1 Å². The lowest BCUT2D eigenvalue weighted by Crippen LogP contribution is -2.38. The van der Waals surface area contributed by atoms with Gasteiger partial charge in [-0.05, 0) is 29.2 Å². The number of hydrogen-bond donors (Lipinski definition) is 2. The van der Waals surface area contributed by atoms with Crippen molar-refractivity contribution in [3.63, 3.8) is 0 Å². The Bertz CT molecular complexity index is 855. The van der Waals surface area contributed by atoms with E-state index in [1.807, 2.05) is 42.5 Å². The van der Waals surface area contributed by atoms with Gasteiger partial charge in [0.1, 0.15) is 0 Å². The third-order valence-electron chi connectivity index (χ3n) is 4.58. The molecule has 1 heterocycles. The minimum absolute atomic E-state index is 0.243. The van der Waals surface area contributed by atoms with Crippen LogP contribution in [0.4, 0.5) is 4.79 Å². The number of carboxylic acids is 1. The SMILES string of the molecule is N#Cc1ccccc1-c1ccc(CNC(=O)N2CCC(C(=O)O)C2)cc1. The smallest absolute Gasteiger partial charge is 0.317 e. The average molecular weight is 349 g/mol. The third kappa shape index (κ3) is 3.83. The van der Waals surface area contributed by atoms with Gasteiger partial charge in [-0.15, -0.1) is 0 Å². The molecule has 2 aromatic carbocycles. The monoisotopic (exact) mass is 349 g/mol. The molecular formula is C20H19N3O3. The van der Waals surface area contributed by atoms with Gasteiger partial charge >= 0.3 is 12.0 Å². The first-order chi connectivity index (χ1) is 12.6. The third-order valence-corrected chi connectivity index (χ3v) is 4.58. The van der Waals surface area contributed by atoms with Gasteiger partial charge in [0.15, 0.2) is 0 Å². The highest BCUT2D eigenvalue weighted by atomic mass is 16.4. The van der Waals surface area contributed by atoms with Crippen LogP contribution >= 0.6 is 0 Å². The predicted molar refractivity (Wildman–Crippen MR) is 96.1 cm³/mol. The Morgan fingerprint density at radius 1 is 1.19 bits per heavy atom. The largest absolute Gasteiger partial charge is 0.481 e. The first kappa shape index (κ1) is 17.5. The minimum atomic E-state index is -0.853. The lowest BCUT2D eigenvalue weighted by Gasteiger charge is -2.16. The van der Waals surface area contributed by atoms with Crippen molar-refractivity contribution >= 4 is 12.0 Å². The molecule has 0 saturated carbocycles. The highest BCUT2D eigenvalue weighted by Gasteiger charge is 2.30. The molecule has 6 nitrogen and oxygen atoms in total. The number of carbonyl (C=O) groups excluding carboxylic acids is 1. The van der Waals surface area contributed by atoms with E-state index in [-0.39, 0.29) is 12.6 Å². The molecular weight excluding hydrogens is 330 g/mol. The molecule has 0 aliphatic carbocycles. The van der Waals surface area contributed by atoms with E-state index in [1.54, 1.807) is 6.07 Å². The Kier molecular flexibility index (Phi) is 5.18. The summed E-state index contributed by atoms with van der Waals surface area (Å²) in [5, 5.41) is 21.0. The van der Waals surface area contributed by atoms with Crippen molar-refractivity contribution < 1.29 is 14.7 Å². The van der Waals surface area contributed by atoms with E-state index in [2.05, 4.69) is 11.4 Å². The van der Waals surface area contributed by atoms with Crippen LogP contribution < -0.4 is 5.32 Å². The zero-order chi connectivity index (χ0) is 18.5. The molecule has 1 atom stereocenters. The van der Waals surface area contributed by atoms with E-state index < -0.39 is 11.9 Å². The minimum Gasteiger partial charge on any atom is -0.481 e. The van der Waals surface area contributed by atoms with Crippen molar-refractivity contribution in [1.29, 1.82) is 5.26 Å². The molecule has 1 fully saturated rings. The van der Waals surface area contributed by atoms with Gasteiger partial charge in [-0.1, -0.05) is 42.5 Å². The molecule has 2 N–H and O–H groups in total. The van der Waals surface area contributed by atoms with Gasteiger partial charge in [-0.2, -0.15) is 5.26 Å². The van der Waals surface area contributed by atoms with Crippen LogP contribution in [0.1, 0.15) is 17.5 Å². The number of urea groups is 1. The van der Waals surface area contributed by atoms with Crippen molar-refractivity contribution in [1.82, 2.24) is 10.2 Å². The van der Waals surface area contributed by atoms with Gasteiger partial charge in [0.2, 0.25) is 0 Å². The molecule has 1 aliphatic rings. The highest BCUT2D eigenvalue weighted by Crippen LogP contribution is 2.23. The number of nitriles is 1. The van der Waals surface area contributed by atoms with Crippen molar-refractivity contribution in [3.05, 3.63) is 59.7 Å². The molecule has 132 valence electrons. The zero-order valence-electron chi connectivity index (χ0n) is 14.2. The van der Waals surface area contributed by atoms with Gasteiger partial charge in [-0.3, -0.25) is 4.79 Å². The summed E-state index contributed by atoms with van der Waals surface area (Å²) in [6, 6.07) is 17.0. The highest BCUT2D eigenvalue weighted by molar-refractivity contribution is 5.77. The first-order valence-electron chi connectivity index (χ1n) is 8.42. The van der Waals surface area contributed by atoms with Gasteiger partial charge < -0.3 is 15.3 Å². The summed E-state index contributed by atoms with van der Waals surface area (Å²) < 4.78 is 0. The van der Waals surface area contributed by atoms with E-state index in [9.17, 15) is 14.9 Å². The molecule has 0 spiro atoms. The summed E-state index contributed by atoms with van der Waals surface area (Å²) in [4.78, 5) is 24.6. The van der Waals surface area contributed by atoms with E-state index in [0.717, 1.165) is 16.7 Å². The molecule has 1 unspecified atom stereocenters. The van der Waals surface area contributed by atoms with Crippen LogP contribution in [0.25, 0.3) is 11.1 Å². The van der Waals surface area contributed by atoms with E-state index >= 15 is 0 Å². The number of aliphatic carboxylic acids is 1. The topological polar surface area (TPSA) is 93.4 Å². The van der Waals surface area contributed by atoms with Crippen molar-refractivity contribution in [3.8, 4) is 17.2 Å². The second kappa shape index (κ2) is 7.70. The Hall–Kier alpha value is -3.33. The Morgan fingerprint density at radius 3 is 2.58 bits per heavy atom. The van der Waals surface area contributed by atoms with Crippen LogP contribution in [0.5, 0.6) is 0 Å². The molecule has 1 aliphatic heterocycles. The number of rotatable bonds is 4. The van der Waals surface area contributed by atoms with Crippen LogP contribution in [0, 0.1) is 17.2 Å². The Balaban J connectivity index is 1.59. The Morgan fingerprint density at radius 2 is 1.92 bits per heavy atom. The number of benzene rings is 2. The van der Waals surface area contributed by atoms with Gasteiger partial charge in [0.05, 0.1) is 17.6 Å². The van der Waals surface area contributed by atoms with Crippen LogP contribution in [-0.4, -0.2) is 35.1 Å². The lowest BCUT2D eigenvalue weighted by atomic mass is 9.99. The molecule has 0 bridgehead atoms. The van der Waals surface area contributed by atoms with Crippen LogP contribution in [0.15, 0.2) is 48.5 Å². The Labute approximate surface area is 151 Å². The summed E-state index contributed by atoms with van der Waals surface area (Å²) in [6.45, 7) is 1.09. The van der Waals surface area contributed by atoms with Crippen molar-refractivity contribution in [2.45, 2.75) is 13.0 Å². The summed E-state index contributed by atoms with van der Waals surface area (Å²) in [7, 11) is 0. The molecule has 3 rings (SSSR count). The fraction of sp³-hybridized carbons (Fsp3) is 0.250. The first-order valence-corrected chi connectivity index (χ1v) is 8.42. The molecule has 2 amide bonds. The molecule has 0 aromatic heterocycles. The summed E-state index contributed by atoms with van der Waals surface area (Å²) in [5.41, 5.74) is 3.38. The van der Waals surface area contributed by atoms with Gasteiger partial charge in [0.25, 0.3) is 0 Å². The maximum absolute atomic E-state index is 12.1. The second-order valence-electron chi connectivity index (χ2n) is 6.28. The summed E-state index contributed by atoms with van der Waals surface area (Å²) in [5.74, 6) is -1.33. The quantitative estimate of drug-likeness (QED) is 0.887. The normalized spacial score (nSPS) is 16.1. The van der Waals surface area contributed by atoms with Gasteiger partial charge in [0, 0.05) is 19.6 Å². The molecule has 26 heavy (non-hydrogen) atoms. The average Bonchev–Trinajstić information content (AvgIpc) is 3.17.